The Bertz CT molecular complexity index is 208. The molecule has 0 bridgehead atoms. The van der Waals surface area contributed by atoms with Gasteiger partial charge < -0.3 is 10.3 Å². The van der Waals surface area contributed by atoms with Crippen molar-refractivity contribution in [1.29, 1.82) is 0 Å². The van der Waals surface area contributed by atoms with Gasteiger partial charge in [0.25, 0.3) is 0 Å². The van der Waals surface area contributed by atoms with Crippen LogP contribution < -0.4 is 0 Å². The second kappa shape index (κ2) is 5.14. The predicted octanol–water partition coefficient (Wildman–Crippen LogP) is 0.571. The Balaban J connectivity index is 4.00. The molecule has 0 unspecified atom stereocenters. The van der Waals surface area contributed by atoms with Gasteiger partial charge in [-0.05, 0) is 12.2 Å². The number of ether oxygens (including phenoxy) is 1. The Morgan fingerprint density at radius 1 is 1.55 bits per heavy atom. The van der Waals surface area contributed by atoms with Crippen molar-refractivity contribution in [2.75, 3.05) is 0 Å². The summed E-state index contributed by atoms with van der Waals surface area (Å²) in [5.41, 5.74) is 7.91. The monoisotopic (exact) mass is 152 g/mol. The first-order chi connectivity index (χ1) is 5.24. The Kier molecular flexibility index (Phi) is 4.36. The highest BCUT2D eigenvalue weighted by atomic mass is 16.5. The number of rotatable bonds is 4. The van der Waals surface area contributed by atoms with Crippen LogP contribution in [-0.2, 0) is 9.53 Å². The molecule has 0 aliphatic carbocycles. The lowest BCUT2D eigenvalue weighted by Crippen LogP contribution is -2.14. The zero-order valence-electron chi connectivity index (χ0n) is 5.93. The molecule has 0 atom stereocenters. The summed E-state index contributed by atoms with van der Waals surface area (Å²) in [4.78, 5) is 13.0. The van der Waals surface area contributed by atoms with Crippen LogP contribution in [0.15, 0.2) is 25.3 Å². The van der Waals surface area contributed by atoms with Gasteiger partial charge in [0.05, 0.1) is 0 Å². The minimum absolute atomic E-state index is 0.541. The highest BCUT2D eigenvalue weighted by Gasteiger charge is 2.07. The van der Waals surface area contributed by atoms with Gasteiger partial charge in [-0.3, -0.25) is 0 Å². The number of hydrogen-bond acceptors (Lipinski definition) is 2. The van der Waals surface area contributed by atoms with Crippen molar-refractivity contribution in [2.24, 2.45) is 0 Å². The molecule has 0 aromatic carbocycles. The summed E-state index contributed by atoms with van der Waals surface area (Å²) >= 11 is 0. The minimum atomic E-state index is -0.739. The molecule has 0 radical (unpaired) electrons. The Labute approximate surface area is 64.4 Å². The third kappa shape index (κ3) is 3.83. The van der Waals surface area contributed by atoms with E-state index in [2.05, 4.69) is 22.7 Å². The highest BCUT2D eigenvalue weighted by molar-refractivity contribution is 6.20. The van der Waals surface area contributed by atoms with Crippen LogP contribution in [0.1, 0.15) is 0 Å². The Morgan fingerprint density at radius 2 is 2.09 bits per heavy atom. The molecule has 0 saturated heterocycles. The molecule has 0 fully saturated rings. The average molecular weight is 152 g/mol. The van der Waals surface area contributed by atoms with E-state index in [1.807, 2.05) is 0 Å². The van der Waals surface area contributed by atoms with E-state index in [4.69, 9.17) is 5.53 Å². The number of esters is 1. The summed E-state index contributed by atoms with van der Waals surface area (Å²) in [7, 11) is 0. The summed E-state index contributed by atoms with van der Waals surface area (Å²) < 4.78 is 4.60. The van der Waals surface area contributed by atoms with Crippen LogP contribution in [0.3, 0.4) is 0 Å². The van der Waals surface area contributed by atoms with E-state index in [-0.39, 0.29) is 0 Å². The Hall–Kier alpha value is -1.67. The standard InChI is InChI=1S/C7H8N2O2/c1-3-6(4-2)11-7(10)5-9-8/h3-6H,1-2H2. The second-order valence-corrected chi connectivity index (χ2v) is 1.62. The third-order valence-corrected chi connectivity index (χ3v) is 0.880. The SMILES string of the molecule is C=CC(C=C)OC(=O)C=[N+]=[N-]. The fourth-order valence-corrected chi connectivity index (χ4v) is 0.404. The zero-order chi connectivity index (χ0) is 8.69. The molecule has 0 aliphatic heterocycles. The van der Waals surface area contributed by atoms with Crippen LogP contribution in [0, 0.1) is 0 Å². The van der Waals surface area contributed by atoms with Crippen LogP contribution in [0.5, 0.6) is 0 Å². The minimum Gasteiger partial charge on any atom is -0.446 e. The molecule has 58 valence electrons. The maximum Gasteiger partial charge on any atom is 0.414 e. The van der Waals surface area contributed by atoms with Crippen molar-refractivity contribution in [3.63, 3.8) is 0 Å². The van der Waals surface area contributed by atoms with Gasteiger partial charge in [-0.25, -0.2) is 4.79 Å². The quantitative estimate of drug-likeness (QED) is 0.194. The van der Waals surface area contributed by atoms with E-state index in [1.54, 1.807) is 0 Å². The molecule has 0 rings (SSSR count). The lowest BCUT2D eigenvalue weighted by atomic mass is 10.3. The van der Waals surface area contributed by atoms with Crippen molar-refractivity contribution in [2.45, 2.75) is 6.10 Å². The van der Waals surface area contributed by atoms with Crippen molar-refractivity contribution in [3.05, 3.63) is 30.8 Å². The van der Waals surface area contributed by atoms with Gasteiger partial charge in [-0.1, -0.05) is 13.2 Å². The smallest absolute Gasteiger partial charge is 0.414 e. The van der Waals surface area contributed by atoms with Gasteiger partial charge in [0.1, 0.15) is 6.10 Å². The molecule has 4 nitrogen and oxygen atoms in total. The summed E-state index contributed by atoms with van der Waals surface area (Å²) in [5.74, 6) is -0.739. The third-order valence-electron chi connectivity index (χ3n) is 0.880. The van der Waals surface area contributed by atoms with Crippen LogP contribution in [0.2, 0.25) is 0 Å². The summed E-state index contributed by atoms with van der Waals surface area (Å²) in [5, 5.41) is 0. The Morgan fingerprint density at radius 3 is 2.45 bits per heavy atom. The van der Waals surface area contributed by atoms with Gasteiger partial charge in [0, 0.05) is 0 Å². The molecule has 0 aromatic heterocycles. The maximum absolute atomic E-state index is 10.5. The van der Waals surface area contributed by atoms with Gasteiger partial charge in [-0.15, -0.1) is 0 Å². The van der Waals surface area contributed by atoms with E-state index < -0.39 is 12.1 Å². The zero-order valence-corrected chi connectivity index (χ0v) is 5.93. The highest BCUT2D eigenvalue weighted by Crippen LogP contribution is 1.92. The van der Waals surface area contributed by atoms with E-state index in [9.17, 15) is 4.79 Å². The molecule has 0 amide bonds. The molecule has 0 aromatic rings. The topological polar surface area (TPSA) is 62.7 Å². The molecule has 11 heavy (non-hydrogen) atoms. The molecular formula is C7H8N2O2. The van der Waals surface area contributed by atoms with Crippen LogP contribution in [0.25, 0.3) is 5.53 Å². The number of nitrogens with zero attached hydrogens (tertiary/aromatic N) is 2. The fraction of sp³-hybridized carbons (Fsp3) is 0.143. The van der Waals surface area contributed by atoms with Crippen LogP contribution in [0.4, 0.5) is 0 Å². The van der Waals surface area contributed by atoms with E-state index >= 15 is 0 Å². The van der Waals surface area contributed by atoms with Gasteiger partial charge in [0.15, 0.2) is 0 Å². The van der Waals surface area contributed by atoms with E-state index in [1.165, 1.54) is 12.2 Å². The number of hydrogen-bond donors (Lipinski definition) is 0. The first-order valence-corrected chi connectivity index (χ1v) is 2.87. The van der Waals surface area contributed by atoms with Crippen molar-refractivity contribution in [3.8, 4) is 0 Å². The summed E-state index contributed by atoms with van der Waals surface area (Å²) in [6.07, 6.45) is 2.91. The molecule has 0 saturated carbocycles. The number of carbonyl (C=O) groups excluding carboxylic acids is 1. The first-order valence-electron chi connectivity index (χ1n) is 2.87. The molecule has 0 N–H and O–H groups in total. The molecule has 4 heteroatoms. The molecule has 0 heterocycles. The largest absolute Gasteiger partial charge is 0.446 e. The van der Waals surface area contributed by atoms with E-state index in [0.29, 0.717) is 6.21 Å². The number of carbonyl (C=O) groups is 1. The van der Waals surface area contributed by atoms with Crippen molar-refractivity contribution in [1.82, 2.24) is 0 Å². The van der Waals surface area contributed by atoms with Crippen LogP contribution >= 0.6 is 0 Å². The second-order valence-electron chi connectivity index (χ2n) is 1.62. The first kappa shape index (κ1) is 9.33. The molecular weight excluding hydrogens is 144 g/mol. The van der Waals surface area contributed by atoms with Crippen molar-refractivity contribution < 1.29 is 14.3 Å². The molecule has 0 spiro atoms. The maximum atomic E-state index is 10.5. The molecule has 0 aliphatic rings. The summed E-state index contributed by atoms with van der Waals surface area (Å²) in [6, 6.07) is 0. The fourth-order valence-electron chi connectivity index (χ4n) is 0.404. The summed E-state index contributed by atoms with van der Waals surface area (Å²) in [6.45, 7) is 6.78. The van der Waals surface area contributed by atoms with E-state index in [0.717, 1.165) is 0 Å². The predicted molar refractivity (Wildman–Crippen MR) is 40.0 cm³/mol. The normalized spacial score (nSPS) is 8.09. The van der Waals surface area contributed by atoms with Crippen molar-refractivity contribution >= 4 is 12.2 Å². The van der Waals surface area contributed by atoms with Gasteiger partial charge in [0.2, 0.25) is 0 Å². The lowest BCUT2D eigenvalue weighted by molar-refractivity contribution is -0.140. The van der Waals surface area contributed by atoms with Gasteiger partial charge >= 0.3 is 12.2 Å². The van der Waals surface area contributed by atoms with Crippen LogP contribution in [-0.4, -0.2) is 23.1 Å². The lowest BCUT2D eigenvalue weighted by Gasteiger charge is -2.03. The average Bonchev–Trinajstić information content (AvgIpc) is 2.01. The van der Waals surface area contributed by atoms with Gasteiger partial charge in [-0.2, -0.15) is 4.79 Å².